The van der Waals surface area contributed by atoms with Gasteiger partial charge in [0.2, 0.25) is 0 Å². The third-order valence-corrected chi connectivity index (χ3v) is 6.34. The van der Waals surface area contributed by atoms with Gasteiger partial charge in [0.25, 0.3) is 5.91 Å². The molecular weight excluding hydrogens is 418 g/mol. The maximum absolute atomic E-state index is 12.7. The molecule has 1 aliphatic rings. The minimum Gasteiger partial charge on any atom is -0.480 e. The molecule has 0 atom stereocenters. The molecule has 3 N–H and O–H groups in total. The highest BCUT2D eigenvalue weighted by atomic mass is 35.5. The zero-order valence-corrected chi connectivity index (χ0v) is 18.6. The third-order valence-electron chi connectivity index (χ3n) is 6.03. The molecule has 3 rings (SSSR count). The number of hydrogen-bond donors (Lipinski definition) is 3. The molecular formula is C23H30ClN3O4. The summed E-state index contributed by atoms with van der Waals surface area (Å²) in [6.07, 6.45) is 6.28. The highest BCUT2D eigenvalue weighted by molar-refractivity contribution is 6.30. The molecule has 0 unspecified atom stereocenters. The van der Waals surface area contributed by atoms with Crippen LogP contribution in [0.5, 0.6) is 0 Å². The van der Waals surface area contributed by atoms with Crippen molar-refractivity contribution in [3.8, 4) is 0 Å². The number of carbonyl (C=O) groups excluding carboxylic acids is 1. The molecule has 1 aromatic heterocycles. The van der Waals surface area contributed by atoms with Gasteiger partial charge >= 0.3 is 5.97 Å². The van der Waals surface area contributed by atoms with Crippen LogP contribution in [0.25, 0.3) is 0 Å². The number of benzene rings is 1. The number of carbonyl (C=O) groups is 2. The second kappa shape index (κ2) is 10.3. The monoisotopic (exact) mass is 447 g/mol. The van der Waals surface area contributed by atoms with Crippen molar-refractivity contribution in [3.05, 3.63) is 52.1 Å². The Balaban J connectivity index is 1.75. The number of nitrogens with one attached hydrogen (secondary N) is 1. The van der Waals surface area contributed by atoms with Crippen molar-refractivity contribution >= 4 is 23.5 Å². The topological polar surface area (TPSA) is 104 Å². The molecule has 168 valence electrons. The Morgan fingerprint density at radius 3 is 2.45 bits per heavy atom. The van der Waals surface area contributed by atoms with Gasteiger partial charge in [-0.2, -0.15) is 0 Å². The van der Waals surface area contributed by atoms with Gasteiger partial charge in [0.1, 0.15) is 11.4 Å². The smallest absolute Gasteiger partial charge is 0.329 e. The number of nitrogens with zero attached hydrogens (tertiary/aromatic N) is 2. The van der Waals surface area contributed by atoms with E-state index >= 15 is 0 Å². The van der Waals surface area contributed by atoms with Crippen LogP contribution in [0.3, 0.4) is 0 Å². The Bertz CT molecular complexity index is 918. The van der Waals surface area contributed by atoms with Crippen LogP contribution in [-0.2, 0) is 24.4 Å². The van der Waals surface area contributed by atoms with Gasteiger partial charge in [0.05, 0.1) is 12.3 Å². The first-order chi connectivity index (χ1) is 14.9. The van der Waals surface area contributed by atoms with Crippen LogP contribution < -0.4 is 5.32 Å². The first kappa shape index (κ1) is 23.3. The fraction of sp³-hybridized carbons (Fsp3) is 0.522. The van der Waals surface area contributed by atoms with E-state index in [9.17, 15) is 19.8 Å². The molecule has 1 fully saturated rings. The molecule has 1 amide bonds. The van der Waals surface area contributed by atoms with Crippen molar-refractivity contribution < 1.29 is 19.8 Å². The lowest BCUT2D eigenvalue weighted by Crippen LogP contribution is -2.55. The van der Waals surface area contributed by atoms with Crippen LogP contribution in [0.4, 0.5) is 0 Å². The summed E-state index contributed by atoms with van der Waals surface area (Å²) in [7, 11) is 0. The van der Waals surface area contributed by atoms with E-state index < -0.39 is 11.5 Å². The number of aliphatic carboxylic acids is 1. The maximum atomic E-state index is 12.7. The molecule has 1 aromatic carbocycles. The van der Waals surface area contributed by atoms with Gasteiger partial charge in [-0.15, -0.1) is 0 Å². The molecule has 0 radical (unpaired) electrons. The second-order valence-electron chi connectivity index (χ2n) is 8.21. The average Bonchev–Trinajstić information content (AvgIpc) is 3.07. The lowest BCUT2D eigenvalue weighted by atomic mass is 9.81. The van der Waals surface area contributed by atoms with E-state index in [0.29, 0.717) is 35.8 Å². The Morgan fingerprint density at radius 1 is 1.19 bits per heavy atom. The van der Waals surface area contributed by atoms with E-state index in [4.69, 9.17) is 11.6 Å². The normalized spacial score (nSPS) is 15.6. The van der Waals surface area contributed by atoms with E-state index in [1.807, 2.05) is 16.7 Å². The minimum atomic E-state index is -1.17. The molecule has 31 heavy (non-hydrogen) atoms. The van der Waals surface area contributed by atoms with Gasteiger partial charge < -0.3 is 20.1 Å². The number of aromatic nitrogens is 2. The number of amides is 1. The highest BCUT2D eigenvalue weighted by Gasteiger charge is 2.41. The van der Waals surface area contributed by atoms with Crippen LogP contribution in [0.15, 0.2) is 24.3 Å². The number of unbranched alkanes of at least 4 members (excludes halogenated alkanes) is 1. The van der Waals surface area contributed by atoms with Gasteiger partial charge in [0, 0.05) is 18.5 Å². The molecule has 8 heteroatoms. The lowest BCUT2D eigenvalue weighted by molar-refractivity contribution is -0.145. The zero-order valence-electron chi connectivity index (χ0n) is 17.9. The average molecular weight is 448 g/mol. The summed E-state index contributed by atoms with van der Waals surface area (Å²) >= 11 is 6.20. The first-order valence-electron chi connectivity index (χ1n) is 10.9. The van der Waals surface area contributed by atoms with Crippen molar-refractivity contribution in [3.63, 3.8) is 0 Å². The van der Waals surface area contributed by atoms with Gasteiger partial charge in [-0.3, -0.25) is 4.79 Å². The quantitative estimate of drug-likeness (QED) is 0.540. The molecule has 0 aliphatic heterocycles. The number of aliphatic hydroxyl groups is 1. The Hall–Kier alpha value is -2.38. The molecule has 1 heterocycles. The van der Waals surface area contributed by atoms with Crippen LogP contribution in [0.1, 0.15) is 79.3 Å². The van der Waals surface area contributed by atoms with Crippen LogP contribution in [-0.4, -0.2) is 37.2 Å². The Morgan fingerprint density at radius 2 is 1.87 bits per heavy atom. The highest BCUT2D eigenvalue weighted by Crippen LogP contribution is 2.29. The van der Waals surface area contributed by atoms with Gasteiger partial charge in [0.15, 0.2) is 5.15 Å². The number of carboxylic acids is 1. The Kier molecular flexibility index (Phi) is 7.73. The van der Waals surface area contributed by atoms with Crippen LogP contribution in [0, 0.1) is 0 Å². The van der Waals surface area contributed by atoms with Crippen molar-refractivity contribution in [1.29, 1.82) is 0 Å². The summed E-state index contributed by atoms with van der Waals surface area (Å²) in [5.74, 6) is -0.509. The molecule has 0 bridgehead atoms. The fourth-order valence-corrected chi connectivity index (χ4v) is 4.41. The number of aryl methyl sites for hydroxylation is 1. The molecule has 1 aliphatic carbocycles. The number of hydrogen-bond acceptors (Lipinski definition) is 4. The molecule has 0 spiro atoms. The first-order valence-corrected chi connectivity index (χ1v) is 11.3. The third kappa shape index (κ3) is 5.28. The van der Waals surface area contributed by atoms with Crippen LogP contribution in [0.2, 0.25) is 5.15 Å². The number of carboxylic acid groups (broad SMARTS) is 1. The predicted octanol–water partition coefficient (Wildman–Crippen LogP) is 3.94. The SMILES string of the molecule is CCCCc1nc(Cl)c(CO)n1Cc1ccc(C(=O)NC2(C(=O)O)CCCCC2)cc1. The van der Waals surface area contributed by atoms with E-state index in [-0.39, 0.29) is 12.5 Å². The lowest BCUT2D eigenvalue weighted by Gasteiger charge is -2.34. The van der Waals surface area contributed by atoms with Crippen molar-refractivity contribution in [2.24, 2.45) is 0 Å². The number of rotatable bonds is 9. The minimum absolute atomic E-state index is 0.199. The number of halogens is 1. The van der Waals surface area contributed by atoms with E-state index in [2.05, 4.69) is 17.2 Å². The summed E-state index contributed by atoms with van der Waals surface area (Å²) in [5, 5.41) is 22.5. The zero-order chi connectivity index (χ0) is 22.4. The van der Waals surface area contributed by atoms with Gasteiger partial charge in [-0.1, -0.05) is 56.3 Å². The fourth-order valence-electron chi connectivity index (χ4n) is 4.15. The van der Waals surface area contributed by atoms with Gasteiger partial charge in [-0.05, 0) is 37.0 Å². The van der Waals surface area contributed by atoms with Gasteiger partial charge in [-0.25, -0.2) is 9.78 Å². The van der Waals surface area contributed by atoms with Crippen molar-refractivity contribution in [1.82, 2.24) is 14.9 Å². The Labute approximate surface area is 187 Å². The van der Waals surface area contributed by atoms with Crippen LogP contribution >= 0.6 is 11.6 Å². The largest absolute Gasteiger partial charge is 0.480 e. The van der Waals surface area contributed by atoms with E-state index in [0.717, 1.165) is 49.9 Å². The molecule has 7 nitrogen and oxygen atoms in total. The number of aliphatic hydroxyl groups excluding tert-OH is 1. The molecule has 2 aromatic rings. The summed E-state index contributed by atoms with van der Waals surface area (Å²) in [5.41, 5.74) is 0.761. The van der Waals surface area contributed by atoms with Crippen molar-refractivity contribution in [2.75, 3.05) is 0 Å². The standard InChI is InChI=1S/C23H30ClN3O4/c1-2-3-7-19-25-20(24)18(15-28)27(19)14-16-8-10-17(11-9-16)21(29)26-23(22(30)31)12-5-4-6-13-23/h8-11,28H,2-7,12-15H2,1H3,(H,26,29)(H,30,31). The predicted molar refractivity (Wildman–Crippen MR) is 118 cm³/mol. The maximum Gasteiger partial charge on any atom is 0.329 e. The van der Waals surface area contributed by atoms with E-state index in [1.54, 1.807) is 12.1 Å². The summed E-state index contributed by atoms with van der Waals surface area (Å²) < 4.78 is 1.93. The molecule has 1 saturated carbocycles. The molecule has 0 saturated heterocycles. The summed E-state index contributed by atoms with van der Waals surface area (Å²) in [6.45, 7) is 2.39. The number of imidazole rings is 1. The van der Waals surface area contributed by atoms with E-state index in [1.165, 1.54) is 0 Å². The van der Waals surface area contributed by atoms with Crippen molar-refractivity contribution in [2.45, 2.75) is 77.0 Å². The summed E-state index contributed by atoms with van der Waals surface area (Å²) in [4.78, 5) is 28.9. The summed E-state index contributed by atoms with van der Waals surface area (Å²) in [6, 6.07) is 7.07. The second-order valence-corrected chi connectivity index (χ2v) is 8.57.